The zero-order valence-corrected chi connectivity index (χ0v) is 12.6. The summed E-state index contributed by atoms with van der Waals surface area (Å²) in [6.07, 6.45) is 3.31. The molecule has 1 saturated heterocycles. The first-order chi connectivity index (χ1) is 9.19. The maximum Gasteiger partial charge on any atom is 0.0429 e. The fourth-order valence-corrected chi connectivity index (χ4v) is 2.62. The lowest BCUT2D eigenvalue weighted by atomic mass is 10.1. The van der Waals surface area contributed by atoms with Gasteiger partial charge in [0.15, 0.2) is 0 Å². The van der Waals surface area contributed by atoms with E-state index >= 15 is 0 Å². The molecule has 0 bridgehead atoms. The highest BCUT2D eigenvalue weighted by molar-refractivity contribution is 5.16. The second kappa shape index (κ2) is 7.01. The zero-order chi connectivity index (χ0) is 13.7. The first-order valence-corrected chi connectivity index (χ1v) is 7.58. The van der Waals surface area contributed by atoms with Crippen LogP contribution in [0.4, 0.5) is 0 Å². The third kappa shape index (κ3) is 4.29. The summed E-state index contributed by atoms with van der Waals surface area (Å²) in [6.45, 7) is 13.7. The van der Waals surface area contributed by atoms with E-state index in [1.54, 1.807) is 0 Å². The van der Waals surface area contributed by atoms with Gasteiger partial charge in [-0.25, -0.2) is 0 Å². The van der Waals surface area contributed by atoms with Crippen LogP contribution >= 0.6 is 0 Å². The Balaban J connectivity index is 1.82. The van der Waals surface area contributed by atoms with Gasteiger partial charge in [0, 0.05) is 44.6 Å². The van der Waals surface area contributed by atoms with Gasteiger partial charge < -0.3 is 4.90 Å². The van der Waals surface area contributed by atoms with Gasteiger partial charge in [-0.1, -0.05) is 26.8 Å². The molecular formula is C16H27N3. The Kier molecular flexibility index (Phi) is 5.34. The number of rotatable bonds is 5. The number of nitrogens with zero attached hydrogens (tertiary/aromatic N) is 3. The van der Waals surface area contributed by atoms with Gasteiger partial charge in [0.2, 0.25) is 0 Å². The molecule has 1 aliphatic heterocycles. The first-order valence-electron chi connectivity index (χ1n) is 7.58. The largest absolute Gasteiger partial charge is 0.301 e. The minimum atomic E-state index is 0.520. The lowest BCUT2D eigenvalue weighted by Crippen LogP contribution is -2.45. The Morgan fingerprint density at radius 2 is 1.79 bits per heavy atom. The molecule has 1 aliphatic rings. The fourth-order valence-electron chi connectivity index (χ4n) is 2.62. The van der Waals surface area contributed by atoms with Crippen LogP contribution in [0.5, 0.6) is 0 Å². The number of hydrogen-bond donors (Lipinski definition) is 0. The summed E-state index contributed by atoms with van der Waals surface area (Å²) in [5.74, 6) is 0.520. The average molecular weight is 261 g/mol. The molecule has 2 heterocycles. The van der Waals surface area contributed by atoms with Crippen molar-refractivity contribution >= 4 is 0 Å². The molecule has 0 amide bonds. The molecule has 19 heavy (non-hydrogen) atoms. The monoisotopic (exact) mass is 261 g/mol. The topological polar surface area (TPSA) is 19.4 Å². The third-order valence-corrected chi connectivity index (χ3v) is 3.85. The Labute approximate surface area is 117 Å². The molecule has 3 heteroatoms. The molecule has 0 unspecified atom stereocenters. The maximum atomic E-state index is 4.55. The van der Waals surface area contributed by atoms with Gasteiger partial charge in [-0.2, -0.15) is 0 Å². The second-order valence-electron chi connectivity index (χ2n) is 5.86. The van der Waals surface area contributed by atoms with Crippen LogP contribution in [-0.2, 0) is 6.54 Å². The van der Waals surface area contributed by atoms with Crippen LogP contribution in [0.25, 0.3) is 0 Å². The van der Waals surface area contributed by atoms with Crippen molar-refractivity contribution in [3.63, 3.8) is 0 Å². The molecule has 1 aromatic rings. The Bertz CT molecular complexity index is 364. The fraction of sp³-hybridized carbons (Fsp3) is 0.688. The molecule has 3 nitrogen and oxygen atoms in total. The van der Waals surface area contributed by atoms with Gasteiger partial charge in [0.05, 0.1) is 0 Å². The quantitative estimate of drug-likeness (QED) is 0.812. The standard InChI is InChI=1S/C16H27N3/c1-4-7-18-8-10-19(11-9-18)13-15-5-6-16(14(2)3)17-12-15/h5-6,12,14H,4,7-11,13H2,1-3H3. The van der Waals surface area contributed by atoms with Gasteiger partial charge in [0.1, 0.15) is 0 Å². The molecule has 0 atom stereocenters. The van der Waals surface area contributed by atoms with Gasteiger partial charge in [0.25, 0.3) is 0 Å². The Morgan fingerprint density at radius 1 is 1.11 bits per heavy atom. The Morgan fingerprint density at radius 3 is 2.32 bits per heavy atom. The van der Waals surface area contributed by atoms with Crippen LogP contribution < -0.4 is 0 Å². The predicted molar refractivity (Wildman–Crippen MR) is 80.3 cm³/mol. The van der Waals surface area contributed by atoms with E-state index < -0.39 is 0 Å². The minimum absolute atomic E-state index is 0.520. The molecular weight excluding hydrogens is 234 g/mol. The highest BCUT2D eigenvalue weighted by Crippen LogP contribution is 2.13. The van der Waals surface area contributed by atoms with Crippen LogP contribution in [0.2, 0.25) is 0 Å². The van der Waals surface area contributed by atoms with Crippen molar-refractivity contribution in [3.05, 3.63) is 29.6 Å². The highest BCUT2D eigenvalue weighted by atomic mass is 15.3. The lowest BCUT2D eigenvalue weighted by molar-refractivity contribution is 0.127. The van der Waals surface area contributed by atoms with E-state index in [1.807, 2.05) is 6.20 Å². The summed E-state index contributed by atoms with van der Waals surface area (Å²) >= 11 is 0. The van der Waals surface area contributed by atoms with Crippen LogP contribution in [0.3, 0.4) is 0 Å². The van der Waals surface area contributed by atoms with E-state index in [-0.39, 0.29) is 0 Å². The number of hydrogen-bond acceptors (Lipinski definition) is 3. The molecule has 0 spiro atoms. The Hall–Kier alpha value is -0.930. The van der Waals surface area contributed by atoms with Crippen molar-refractivity contribution in [2.24, 2.45) is 0 Å². The van der Waals surface area contributed by atoms with E-state index in [0.29, 0.717) is 5.92 Å². The van der Waals surface area contributed by atoms with Crippen LogP contribution in [0.15, 0.2) is 18.3 Å². The zero-order valence-electron chi connectivity index (χ0n) is 12.6. The van der Waals surface area contributed by atoms with E-state index in [0.717, 1.165) is 6.54 Å². The molecule has 1 aromatic heterocycles. The summed E-state index contributed by atoms with van der Waals surface area (Å²) in [5.41, 5.74) is 2.53. The van der Waals surface area contributed by atoms with Gasteiger partial charge in [-0.15, -0.1) is 0 Å². The molecule has 0 aliphatic carbocycles. The lowest BCUT2D eigenvalue weighted by Gasteiger charge is -2.34. The number of piperazine rings is 1. The van der Waals surface area contributed by atoms with E-state index in [1.165, 1.54) is 50.4 Å². The summed E-state index contributed by atoms with van der Waals surface area (Å²) < 4.78 is 0. The molecule has 1 fully saturated rings. The van der Waals surface area contributed by atoms with Crippen molar-refractivity contribution in [2.75, 3.05) is 32.7 Å². The third-order valence-electron chi connectivity index (χ3n) is 3.85. The summed E-state index contributed by atoms with van der Waals surface area (Å²) in [5, 5.41) is 0. The molecule has 0 radical (unpaired) electrons. The predicted octanol–water partition coefficient (Wildman–Crippen LogP) is 2.73. The SMILES string of the molecule is CCCN1CCN(Cc2ccc(C(C)C)nc2)CC1. The van der Waals surface area contributed by atoms with E-state index in [9.17, 15) is 0 Å². The van der Waals surface area contributed by atoms with Crippen molar-refractivity contribution in [2.45, 2.75) is 39.7 Å². The van der Waals surface area contributed by atoms with Crippen LogP contribution in [0.1, 0.15) is 44.4 Å². The van der Waals surface area contributed by atoms with Crippen LogP contribution in [0, 0.1) is 0 Å². The molecule has 0 N–H and O–H groups in total. The first kappa shape index (κ1) is 14.5. The van der Waals surface area contributed by atoms with Crippen LogP contribution in [-0.4, -0.2) is 47.5 Å². The number of pyridine rings is 1. The smallest absolute Gasteiger partial charge is 0.0429 e. The van der Waals surface area contributed by atoms with Crippen molar-refractivity contribution in [3.8, 4) is 0 Å². The minimum Gasteiger partial charge on any atom is -0.301 e. The van der Waals surface area contributed by atoms with Crippen molar-refractivity contribution < 1.29 is 0 Å². The molecule has 2 rings (SSSR count). The highest BCUT2D eigenvalue weighted by Gasteiger charge is 2.16. The van der Waals surface area contributed by atoms with Crippen molar-refractivity contribution in [1.82, 2.24) is 14.8 Å². The average Bonchev–Trinajstić information content (AvgIpc) is 2.42. The van der Waals surface area contributed by atoms with Gasteiger partial charge >= 0.3 is 0 Å². The van der Waals surface area contributed by atoms with E-state index in [2.05, 4.69) is 47.7 Å². The van der Waals surface area contributed by atoms with E-state index in [4.69, 9.17) is 0 Å². The summed E-state index contributed by atoms with van der Waals surface area (Å²) in [7, 11) is 0. The molecule has 0 saturated carbocycles. The molecule has 106 valence electrons. The van der Waals surface area contributed by atoms with Crippen molar-refractivity contribution in [1.29, 1.82) is 0 Å². The summed E-state index contributed by atoms with van der Waals surface area (Å²) in [4.78, 5) is 9.66. The molecule has 0 aromatic carbocycles. The maximum absolute atomic E-state index is 4.55. The number of aromatic nitrogens is 1. The normalized spacial score (nSPS) is 18.1. The second-order valence-corrected chi connectivity index (χ2v) is 5.86. The van der Waals surface area contributed by atoms with Gasteiger partial charge in [-0.3, -0.25) is 9.88 Å². The van der Waals surface area contributed by atoms with Gasteiger partial charge in [-0.05, 0) is 30.5 Å². The summed E-state index contributed by atoms with van der Waals surface area (Å²) in [6, 6.07) is 4.41.